The number of amides is 3. The largest absolute Gasteiger partial charge is 0.480 e. The lowest BCUT2D eigenvalue weighted by Gasteiger charge is -2.28. The number of carbonyl (C=O) groups is 3. The molecule has 1 aliphatic rings. The van der Waals surface area contributed by atoms with Crippen LogP contribution in [0.4, 0.5) is 4.79 Å². The molecule has 0 radical (unpaired) electrons. The summed E-state index contributed by atoms with van der Waals surface area (Å²) >= 11 is 0. The first-order valence-corrected chi connectivity index (χ1v) is 11.2. The minimum Gasteiger partial charge on any atom is -0.480 e. The summed E-state index contributed by atoms with van der Waals surface area (Å²) in [6, 6.07) is -2.17. The zero-order chi connectivity index (χ0) is 21.6. The fourth-order valence-corrected chi connectivity index (χ4v) is 3.89. The van der Waals surface area contributed by atoms with Crippen molar-refractivity contribution in [2.75, 3.05) is 6.54 Å². The second-order valence-electron chi connectivity index (χ2n) is 8.11. The number of hydrogen-bond donors (Lipinski definition) is 5. The number of urea groups is 1. The third-order valence-electron chi connectivity index (χ3n) is 5.80. The minimum absolute atomic E-state index is 0.0734. The molecule has 168 valence electrons. The lowest BCUT2D eigenvalue weighted by atomic mass is 9.84. The number of hydrogen-bond acceptors (Lipinski definition) is 4. The molecular formula is C21H40N4O4. The van der Waals surface area contributed by atoms with E-state index >= 15 is 0 Å². The lowest BCUT2D eigenvalue weighted by molar-refractivity contribution is -0.139. The van der Waals surface area contributed by atoms with Gasteiger partial charge < -0.3 is 26.8 Å². The first-order valence-electron chi connectivity index (χ1n) is 11.2. The smallest absolute Gasteiger partial charge is 0.326 e. The second-order valence-corrected chi connectivity index (χ2v) is 8.11. The van der Waals surface area contributed by atoms with E-state index in [4.69, 9.17) is 5.73 Å². The van der Waals surface area contributed by atoms with E-state index in [9.17, 15) is 19.5 Å². The van der Waals surface area contributed by atoms with Crippen molar-refractivity contribution in [2.24, 2.45) is 11.7 Å². The number of carboxylic acids is 1. The summed E-state index contributed by atoms with van der Waals surface area (Å²) in [6.45, 7) is 4.52. The number of nitrogens with two attached hydrogens (primary N) is 1. The SMILES string of the molecule is CCC(CC)NC(=O)[C@@H](CC1CCCCC1)NC(=O)N[C@@H](CCCCN)C(=O)O. The Bertz CT molecular complexity index is 505. The summed E-state index contributed by atoms with van der Waals surface area (Å²) in [5.74, 6) is -0.863. The van der Waals surface area contributed by atoms with E-state index in [-0.39, 0.29) is 11.9 Å². The Kier molecular flexibility index (Phi) is 12.3. The van der Waals surface area contributed by atoms with Gasteiger partial charge in [-0.2, -0.15) is 0 Å². The van der Waals surface area contributed by atoms with Gasteiger partial charge in [-0.15, -0.1) is 0 Å². The van der Waals surface area contributed by atoms with Crippen LogP contribution in [0.25, 0.3) is 0 Å². The predicted molar refractivity (Wildman–Crippen MR) is 113 cm³/mol. The minimum atomic E-state index is -1.08. The number of unbranched alkanes of at least 4 members (excludes halogenated alkanes) is 1. The fourth-order valence-electron chi connectivity index (χ4n) is 3.89. The molecule has 0 spiro atoms. The van der Waals surface area contributed by atoms with Crippen molar-refractivity contribution in [3.63, 3.8) is 0 Å². The number of aliphatic carboxylic acids is 1. The molecule has 0 aromatic heterocycles. The topological polar surface area (TPSA) is 134 Å². The van der Waals surface area contributed by atoms with E-state index in [2.05, 4.69) is 16.0 Å². The average molecular weight is 413 g/mol. The molecule has 1 aliphatic carbocycles. The molecule has 2 atom stereocenters. The molecule has 29 heavy (non-hydrogen) atoms. The van der Waals surface area contributed by atoms with Crippen LogP contribution >= 0.6 is 0 Å². The highest BCUT2D eigenvalue weighted by Gasteiger charge is 2.28. The van der Waals surface area contributed by atoms with Gasteiger partial charge in [-0.1, -0.05) is 46.0 Å². The van der Waals surface area contributed by atoms with Crippen molar-refractivity contribution in [3.8, 4) is 0 Å². The molecule has 0 heterocycles. The van der Waals surface area contributed by atoms with Crippen LogP contribution in [0.2, 0.25) is 0 Å². The summed E-state index contributed by atoms with van der Waals surface area (Å²) in [5.41, 5.74) is 5.45. The molecule has 1 rings (SSSR count). The molecule has 1 saturated carbocycles. The Morgan fingerprint density at radius 2 is 1.59 bits per heavy atom. The number of carboxylic acid groups (broad SMARTS) is 1. The van der Waals surface area contributed by atoms with E-state index < -0.39 is 24.1 Å². The van der Waals surface area contributed by atoms with E-state index in [1.165, 1.54) is 6.42 Å². The number of rotatable bonds is 13. The zero-order valence-electron chi connectivity index (χ0n) is 18.0. The van der Waals surface area contributed by atoms with Crippen molar-refractivity contribution in [1.82, 2.24) is 16.0 Å². The maximum absolute atomic E-state index is 12.8. The molecule has 8 heteroatoms. The second kappa shape index (κ2) is 14.2. The van der Waals surface area contributed by atoms with Crippen LogP contribution in [0.15, 0.2) is 0 Å². The van der Waals surface area contributed by atoms with Crippen molar-refractivity contribution < 1.29 is 19.5 Å². The number of nitrogens with one attached hydrogen (secondary N) is 3. The standard InChI is InChI=1S/C21H40N4O4/c1-3-16(4-2)23-19(26)18(14-15-10-6-5-7-11-15)25-21(29)24-17(20(27)28)12-8-9-13-22/h15-18H,3-14,22H2,1-2H3,(H,23,26)(H,27,28)(H2,24,25,29)/t17-,18+/m0/s1. The van der Waals surface area contributed by atoms with Crippen LogP contribution in [-0.2, 0) is 9.59 Å². The van der Waals surface area contributed by atoms with Crippen LogP contribution in [0.5, 0.6) is 0 Å². The van der Waals surface area contributed by atoms with Gasteiger partial charge >= 0.3 is 12.0 Å². The van der Waals surface area contributed by atoms with Gasteiger partial charge in [0.1, 0.15) is 12.1 Å². The van der Waals surface area contributed by atoms with Crippen molar-refractivity contribution in [2.45, 2.75) is 103 Å². The molecule has 8 nitrogen and oxygen atoms in total. The highest BCUT2D eigenvalue weighted by atomic mass is 16.4. The Hall–Kier alpha value is -1.83. The van der Waals surface area contributed by atoms with Gasteiger partial charge in [0.2, 0.25) is 5.91 Å². The summed E-state index contributed by atoms with van der Waals surface area (Å²) in [5, 5.41) is 17.6. The Morgan fingerprint density at radius 1 is 0.966 bits per heavy atom. The monoisotopic (exact) mass is 412 g/mol. The van der Waals surface area contributed by atoms with E-state index in [1.807, 2.05) is 13.8 Å². The maximum atomic E-state index is 12.8. The third kappa shape index (κ3) is 9.96. The van der Waals surface area contributed by atoms with Crippen LogP contribution in [0, 0.1) is 5.92 Å². The summed E-state index contributed by atoms with van der Waals surface area (Å²) in [7, 11) is 0. The van der Waals surface area contributed by atoms with Gasteiger partial charge in [0, 0.05) is 6.04 Å². The molecule has 0 aromatic carbocycles. The molecule has 0 unspecified atom stereocenters. The lowest BCUT2D eigenvalue weighted by Crippen LogP contribution is -2.55. The van der Waals surface area contributed by atoms with E-state index in [0.29, 0.717) is 38.1 Å². The highest BCUT2D eigenvalue weighted by molar-refractivity contribution is 5.88. The van der Waals surface area contributed by atoms with Gasteiger partial charge in [0.15, 0.2) is 0 Å². The van der Waals surface area contributed by atoms with Crippen LogP contribution in [-0.4, -0.2) is 47.7 Å². The molecule has 1 fully saturated rings. The Balaban J connectivity index is 2.72. The van der Waals surface area contributed by atoms with E-state index in [1.54, 1.807) is 0 Å². The van der Waals surface area contributed by atoms with Crippen LogP contribution in [0.1, 0.15) is 84.5 Å². The Morgan fingerprint density at radius 3 is 2.14 bits per heavy atom. The Labute approximate surface area is 174 Å². The van der Waals surface area contributed by atoms with E-state index in [0.717, 1.165) is 38.5 Å². The van der Waals surface area contributed by atoms with Gasteiger partial charge in [0.25, 0.3) is 0 Å². The molecule has 3 amide bonds. The first-order chi connectivity index (χ1) is 13.9. The molecule has 0 bridgehead atoms. The molecule has 0 aromatic rings. The summed E-state index contributed by atoms with van der Waals surface area (Å²) in [4.78, 5) is 36.7. The zero-order valence-corrected chi connectivity index (χ0v) is 18.0. The van der Waals surface area contributed by atoms with Crippen LogP contribution in [0.3, 0.4) is 0 Å². The third-order valence-corrected chi connectivity index (χ3v) is 5.80. The molecule has 6 N–H and O–H groups in total. The fraction of sp³-hybridized carbons (Fsp3) is 0.857. The van der Waals surface area contributed by atoms with Crippen molar-refractivity contribution in [1.29, 1.82) is 0 Å². The molecular weight excluding hydrogens is 372 g/mol. The average Bonchev–Trinajstić information content (AvgIpc) is 2.71. The van der Waals surface area contributed by atoms with Crippen molar-refractivity contribution in [3.05, 3.63) is 0 Å². The highest BCUT2D eigenvalue weighted by Crippen LogP contribution is 2.27. The predicted octanol–water partition coefficient (Wildman–Crippen LogP) is 2.51. The maximum Gasteiger partial charge on any atom is 0.326 e. The molecule has 0 aliphatic heterocycles. The molecule has 0 saturated heterocycles. The van der Waals surface area contributed by atoms with Gasteiger partial charge in [-0.25, -0.2) is 9.59 Å². The first kappa shape index (κ1) is 25.2. The van der Waals surface area contributed by atoms with Gasteiger partial charge in [0.05, 0.1) is 0 Å². The summed E-state index contributed by atoms with van der Waals surface area (Å²) in [6.07, 6.45) is 9.53. The van der Waals surface area contributed by atoms with Crippen LogP contribution < -0.4 is 21.7 Å². The number of carbonyl (C=O) groups excluding carboxylic acids is 2. The van der Waals surface area contributed by atoms with Crippen molar-refractivity contribution >= 4 is 17.9 Å². The summed E-state index contributed by atoms with van der Waals surface area (Å²) < 4.78 is 0. The van der Waals surface area contributed by atoms with Gasteiger partial charge in [-0.3, -0.25) is 4.79 Å². The van der Waals surface area contributed by atoms with Gasteiger partial charge in [-0.05, 0) is 51.0 Å². The quantitative estimate of drug-likeness (QED) is 0.296. The normalized spacial score (nSPS) is 16.8.